The quantitative estimate of drug-likeness (QED) is 0.378. The monoisotopic (exact) mass is 582 g/mol. The van der Waals surface area contributed by atoms with Gasteiger partial charge in [0.05, 0.1) is 17.9 Å². The number of anilines is 1. The Bertz CT molecular complexity index is 1680. The summed E-state index contributed by atoms with van der Waals surface area (Å²) in [5, 5.41) is 8.51. The molecule has 1 aromatic carbocycles. The second kappa shape index (κ2) is 10.00. The van der Waals surface area contributed by atoms with Gasteiger partial charge in [0.25, 0.3) is 20.0 Å². The number of nitrogens with zero attached hydrogens (tertiary/aromatic N) is 5. The van der Waals surface area contributed by atoms with Gasteiger partial charge in [-0.1, -0.05) is 18.2 Å². The molecule has 0 unspecified atom stereocenters. The van der Waals surface area contributed by atoms with Gasteiger partial charge in [0, 0.05) is 79.6 Å². The summed E-state index contributed by atoms with van der Waals surface area (Å²) >= 11 is 0. The summed E-state index contributed by atoms with van der Waals surface area (Å²) in [5.41, 5.74) is 2.96. The number of ether oxygens (including phenoxy) is 1. The number of benzene rings is 1. The highest BCUT2D eigenvalue weighted by molar-refractivity contribution is 7.89. The Morgan fingerprint density at radius 2 is 1.25 bits per heavy atom. The van der Waals surface area contributed by atoms with E-state index in [4.69, 9.17) is 10.1 Å². The largest absolute Gasteiger partial charge is 0.373 e. The Morgan fingerprint density at radius 3 is 1.77 bits per heavy atom. The average Bonchev–Trinajstić information content (AvgIpc) is 3.23. The van der Waals surface area contributed by atoms with E-state index in [0.717, 1.165) is 5.69 Å². The molecule has 0 amide bonds. The Labute approximate surface area is 234 Å². The lowest BCUT2D eigenvalue weighted by molar-refractivity contribution is -0.0441. The summed E-state index contributed by atoms with van der Waals surface area (Å²) < 4.78 is 62.2. The van der Waals surface area contributed by atoms with Crippen LogP contribution in [-0.2, 0) is 24.8 Å². The Balaban J connectivity index is 1.24. The van der Waals surface area contributed by atoms with Crippen molar-refractivity contribution >= 4 is 31.4 Å². The normalized spacial score (nSPS) is 22.2. The zero-order chi connectivity index (χ0) is 28.2. The molecule has 4 heterocycles. The molecule has 0 saturated carbocycles. The molecule has 2 fully saturated rings. The van der Waals surface area contributed by atoms with Crippen molar-refractivity contribution in [3.63, 3.8) is 0 Å². The zero-order valence-electron chi connectivity index (χ0n) is 22.2. The van der Waals surface area contributed by atoms with Crippen LogP contribution in [0.25, 0.3) is 11.1 Å². The minimum atomic E-state index is -3.91. The third-order valence-corrected chi connectivity index (χ3v) is 11.1. The molecule has 2 aliphatic heterocycles. The smallest absolute Gasteiger partial charge is 0.260 e. The van der Waals surface area contributed by atoms with Crippen molar-refractivity contribution in [3.05, 3.63) is 66.0 Å². The molecule has 40 heavy (non-hydrogen) atoms. The fraction of sp³-hybridized carbons (Fsp3) is 0.370. The van der Waals surface area contributed by atoms with E-state index in [0.29, 0.717) is 48.4 Å². The maximum absolute atomic E-state index is 13.5. The highest BCUT2D eigenvalue weighted by Gasteiger charge is 2.36. The summed E-state index contributed by atoms with van der Waals surface area (Å²) in [6.45, 7) is 5.82. The molecule has 0 spiro atoms. The number of hydrogen-bond donors (Lipinski definition) is 1. The summed E-state index contributed by atoms with van der Waals surface area (Å²) in [6.07, 6.45) is 2.37. The van der Waals surface area contributed by atoms with Gasteiger partial charge in [-0.2, -0.15) is 8.61 Å². The molecule has 6 rings (SSSR count). The number of pyridine rings is 2. The van der Waals surface area contributed by atoms with Crippen LogP contribution in [0.2, 0.25) is 0 Å². The van der Waals surface area contributed by atoms with E-state index < -0.39 is 20.0 Å². The molecule has 1 aliphatic carbocycles. The van der Waals surface area contributed by atoms with Crippen molar-refractivity contribution in [1.82, 2.24) is 18.6 Å². The predicted octanol–water partition coefficient (Wildman–Crippen LogP) is 2.18. The maximum atomic E-state index is 13.5. The van der Waals surface area contributed by atoms with E-state index in [1.165, 1.54) is 33.1 Å². The van der Waals surface area contributed by atoms with Crippen molar-refractivity contribution in [2.24, 2.45) is 0 Å². The van der Waals surface area contributed by atoms with Crippen LogP contribution in [0, 0.1) is 5.41 Å². The number of sulfonamides is 2. The molecule has 11 nitrogen and oxygen atoms in total. The first-order chi connectivity index (χ1) is 19.1. The van der Waals surface area contributed by atoms with Crippen LogP contribution in [0.3, 0.4) is 0 Å². The topological polar surface area (TPSA) is 137 Å². The first-order valence-electron chi connectivity index (χ1n) is 13.1. The van der Waals surface area contributed by atoms with Gasteiger partial charge in [0.15, 0.2) is 10.1 Å². The van der Waals surface area contributed by atoms with Gasteiger partial charge in [0.1, 0.15) is 0 Å². The molecule has 3 aromatic rings. The SMILES string of the molecule is C[C@@H]1CN(S(=O)(=O)c2cc3c(cn2)-c2cnc(S(=O)(=O)N4CCN(c5ccccc5)CC4)cc2C3=N)C[C@H](C)O1. The number of nitrogens with one attached hydrogen (secondary N) is 1. The second-order valence-electron chi connectivity index (χ2n) is 10.3. The highest BCUT2D eigenvalue weighted by atomic mass is 32.2. The van der Waals surface area contributed by atoms with E-state index in [-0.39, 0.29) is 41.1 Å². The molecule has 3 aliphatic rings. The van der Waals surface area contributed by atoms with E-state index in [9.17, 15) is 16.8 Å². The van der Waals surface area contributed by atoms with Crippen molar-refractivity contribution in [1.29, 1.82) is 5.41 Å². The number of hydrogen-bond acceptors (Lipinski definition) is 9. The fourth-order valence-corrected chi connectivity index (χ4v) is 8.45. The van der Waals surface area contributed by atoms with Crippen LogP contribution in [-0.4, -0.2) is 92.6 Å². The molecule has 2 saturated heterocycles. The molecule has 2 aromatic heterocycles. The van der Waals surface area contributed by atoms with Crippen molar-refractivity contribution in [2.45, 2.75) is 36.1 Å². The molecular formula is C27H30N6O5S2. The van der Waals surface area contributed by atoms with Crippen molar-refractivity contribution in [2.75, 3.05) is 44.2 Å². The number of fused-ring (bicyclic) bond motifs is 3. The standard InChI is InChI=1S/C27H30N6O5S2/c1-18-16-33(17-19(2)38-18)40(36,37)26-13-22-24(15-30-26)23-14-29-25(12-21(23)27(22)28)39(34,35)32-10-8-31(9-11-32)20-6-4-3-5-7-20/h3-7,12-15,18-19,28H,8-11,16-17H2,1-2H3/t18-,19+. The number of para-hydroxylation sites is 1. The molecule has 1 N–H and O–H groups in total. The van der Waals surface area contributed by atoms with Gasteiger partial charge in [-0.3, -0.25) is 5.41 Å². The summed E-state index contributed by atoms with van der Waals surface area (Å²) in [5.74, 6) is 0. The second-order valence-corrected chi connectivity index (χ2v) is 14.1. The number of morpholine rings is 1. The summed E-state index contributed by atoms with van der Waals surface area (Å²) in [4.78, 5) is 10.6. The molecule has 210 valence electrons. The van der Waals surface area contributed by atoms with E-state index in [2.05, 4.69) is 14.9 Å². The van der Waals surface area contributed by atoms with Crippen molar-refractivity contribution in [3.8, 4) is 11.1 Å². The number of rotatable bonds is 5. The van der Waals surface area contributed by atoms with Crippen LogP contribution in [0.1, 0.15) is 25.0 Å². The van der Waals surface area contributed by atoms with Crippen LogP contribution >= 0.6 is 0 Å². The van der Waals surface area contributed by atoms with Crippen molar-refractivity contribution < 1.29 is 21.6 Å². The van der Waals surface area contributed by atoms with Crippen LogP contribution in [0.15, 0.2) is 64.9 Å². The molecular weight excluding hydrogens is 552 g/mol. The Hall–Kier alpha value is -3.23. The van der Waals surface area contributed by atoms with Gasteiger partial charge >= 0.3 is 0 Å². The van der Waals surface area contributed by atoms with Gasteiger partial charge < -0.3 is 9.64 Å². The molecule has 0 bridgehead atoms. The molecule has 13 heteroatoms. The van der Waals surface area contributed by atoms with E-state index >= 15 is 0 Å². The van der Waals surface area contributed by atoms with E-state index in [1.54, 1.807) is 0 Å². The summed E-state index contributed by atoms with van der Waals surface area (Å²) in [6, 6.07) is 12.7. The van der Waals surface area contributed by atoms with E-state index in [1.807, 2.05) is 44.2 Å². The first-order valence-corrected chi connectivity index (χ1v) is 16.0. The lowest BCUT2D eigenvalue weighted by atomic mass is 10.1. The Kier molecular flexibility index (Phi) is 6.74. The lowest BCUT2D eigenvalue weighted by Crippen LogP contribution is -2.48. The Morgan fingerprint density at radius 1 is 0.750 bits per heavy atom. The average molecular weight is 583 g/mol. The zero-order valence-corrected chi connectivity index (χ0v) is 23.8. The van der Waals surface area contributed by atoms with Gasteiger partial charge in [-0.15, -0.1) is 0 Å². The van der Waals surface area contributed by atoms with Crippen LogP contribution in [0.4, 0.5) is 5.69 Å². The van der Waals surface area contributed by atoms with Gasteiger partial charge in [-0.25, -0.2) is 26.8 Å². The number of piperazine rings is 1. The van der Waals surface area contributed by atoms with Crippen LogP contribution < -0.4 is 4.90 Å². The lowest BCUT2D eigenvalue weighted by Gasteiger charge is -2.35. The maximum Gasteiger partial charge on any atom is 0.260 e. The third kappa shape index (κ3) is 4.61. The van der Waals surface area contributed by atoms with Gasteiger partial charge in [0.2, 0.25) is 0 Å². The van der Waals surface area contributed by atoms with Gasteiger partial charge in [-0.05, 0) is 38.1 Å². The molecule has 0 radical (unpaired) electrons. The predicted molar refractivity (Wildman–Crippen MR) is 150 cm³/mol. The third-order valence-electron chi connectivity index (χ3n) is 7.54. The fourth-order valence-electron chi connectivity index (χ4n) is 5.56. The summed E-state index contributed by atoms with van der Waals surface area (Å²) in [7, 11) is -7.79. The van der Waals surface area contributed by atoms with Crippen LogP contribution in [0.5, 0.6) is 0 Å². The first kappa shape index (κ1) is 27.0. The molecule has 2 atom stereocenters. The minimum absolute atomic E-state index is 0.0420. The minimum Gasteiger partial charge on any atom is -0.373 e. The number of aromatic nitrogens is 2. The highest BCUT2D eigenvalue weighted by Crippen LogP contribution is 2.38.